The predicted octanol–water partition coefficient (Wildman–Crippen LogP) is 1.63. The summed E-state index contributed by atoms with van der Waals surface area (Å²) in [6.45, 7) is 2.67. The standard InChI is InChI=1S/C10H11F2N3/c1-7-2-13-3-8(14-7)15-5-9(6-15)4-10(9,11)12/h2-3H,4-6H2,1H3. The van der Waals surface area contributed by atoms with Crippen LogP contribution in [0.15, 0.2) is 12.4 Å². The van der Waals surface area contributed by atoms with Crippen molar-refractivity contribution in [2.75, 3.05) is 18.0 Å². The van der Waals surface area contributed by atoms with Crippen LogP contribution in [-0.2, 0) is 0 Å². The number of aryl methyl sites for hydroxylation is 1. The Hall–Kier alpha value is -1.26. The Morgan fingerprint density at radius 3 is 2.53 bits per heavy atom. The molecule has 2 heterocycles. The van der Waals surface area contributed by atoms with E-state index in [-0.39, 0.29) is 6.42 Å². The summed E-state index contributed by atoms with van der Waals surface area (Å²) in [4.78, 5) is 10.1. The second kappa shape index (κ2) is 2.46. The van der Waals surface area contributed by atoms with Crippen LogP contribution in [0.1, 0.15) is 12.1 Å². The molecule has 1 aromatic heterocycles. The van der Waals surface area contributed by atoms with Gasteiger partial charge in [0.1, 0.15) is 5.82 Å². The Morgan fingerprint density at radius 2 is 2.00 bits per heavy atom. The van der Waals surface area contributed by atoms with E-state index < -0.39 is 11.3 Å². The van der Waals surface area contributed by atoms with Gasteiger partial charge in [0.25, 0.3) is 5.92 Å². The van der Waals surface area contributed by atoms with E-state index >= 15 is 0 Å². The number of anilines is 1. The molecule has 1 saturated heterocycles. The first-order chi connectivity index (χ1) is 7.02. The largest absolute Gasteiger partial charge is 0.354 e. The van der Waals surface area contributed by atoms with E-state index in [0.29, 0.717) is 18.9 Å². The Balaban J connectivity index is 1.74. The van der Waals surface area contributed by atoms with Gasteiger partial charge in [-0.15, -0.1) is 0 Å². The molecular weight excluding hydrogens is 200 g/mol. The Bertz CT molecular complexity index is 413. The molecule has 1 aliphatic carbocycles. The molecule has 2 fully saturated rings. The summed E-state index contributed by atoms with van der Waals surface area (Å²) in [5.41, 5.74) is 0.0781. The Kier molecular flexibility index (Phi) is 1.47. The molecule has 0 radical (unpaired) electrons. The van der Waals surface area contributed by atoms with Crippen LogP contribution in [0.2, 0.25) is 0 Å². The molecule has 1 saturated carbocycles. The van der Waals surface area contributed by atoms with Crippen LogP contribution in [0.25, 0.3) is 0 Å². The summed E-state index contributed by atoms with van der Waals surface area (Å²) in [6.07, 6.45) is 3.32. The third-order valence-corrected chi connectivity index (χ3v) is 3.26. The van der Waals surface area contributed by atoms with Gasteiger partial charge in [0, 0.05) is 25.7 Å². The Morgan fingerprint density at radius 1 is 1.33 bits per heavy atom. The SMILES string of the molecule is Cc1cncc(N2CC3(C2)CC3(F)F)n1. The fourth-order valence-corrected chi connectivity index (χ4v) is 2.17. The fourth-order valence-electron chi connectivity index (χ4n) is 2.17. The number of nitrogens with zero attached hydrogens (tertiary/aromatic N) is 3. The minimum atomic E-state index is -2.44. The van der Waals surface area contributed by atoms with E-state index in [1.165, 1.54) is 0 Å². The third-order valence-electron chi connectivity index (χ3n) is 3.26. The lowest BCUT2D eigenvalue weighted by molar-refractivity contribution is 0.0518. The number of hydrogen-bond acceptors (Lipinski definition) is 3. The first kappa shape index (κ1) is 9.00. The van der Waals surface area contributed by atoms with Gasteiger partial charge in [-0.2, -0.15) is 0 Å². The number of hydrogen-bond donors (Lipinski definition) is 0. The number of aromatic nitrogens is 2. The maximum Gasteiger partial charge on any atom is 0.258 e. The van der Waals surface area contributed by atoms with Crippen molar-refractivity contribution in [3.63, 3.8) is 0 Å². The molecule has 3 nitrogen and oxygen atoms in total. The van der Waals surface area contributed by atoms with Crippen LogP contribution in [0.4, 0.5) is 14.6 Å². The average Bonchev–Trinajstić information content (AvgIpc) is 2.66. The summed E-state index contributed by atoms with van der Waals surface area (Å²) in [5.74, 6) is -1.73. The van der Waals surface area contributed by atoms with E-state index in [9.17, 15) is 8.78 Å². The molecule has 0 aromatic carbocycles. The summed E-state index contributed by atoms with van der Waals surface area (Å²) in [6, 6.07) is 0. The highest BCUT2D eigenvalue weighted by atomic mass is 19.3. The smallest absolute Gasteiger partial charge is 0.258 e. The molecule has 0 N–H and O–H groups in total. The van der Waals surface area contributed by atoms with Crippen molar-refractivity contribution in [3.05, 3.63) is 18.1 Å². The van der Waals surface area contributed by atoms with Gasteiger partial charge < -0.3 is 4.90 Å². The lowest BCUT2D eigenvalue weighted by Gasteiger charge is -2.40. The van der Waals surface area contributed by atoms with E-state index in [1.807, 2.05) is 11.8 Å². The molecule has 1 spiro atoms. The summed E-state index contributed by atoms with van der Waals surface area (Å²) >= 11 is 0. The highest BCUT2D eigenvalue weighted by Gasteiger charge is 2.76. The van der Waals surface area contributed by atoms with E-state index in [1.54, 1.807) is 12.4 Å². The molecule has 5 heteroatoms. The molecule has 1 aliphatic heterocycles. The summed E-state index contributed by atoms with van der Waals surface area (Å²) < 4.78 is 25.9. The van der Waals surface area contributed by atoms with Crippen LogP contribution in [-0.4, -0.2) is 29.0 Å². The second-order valence-corrected chi connectivity index (χ2v) is 4.54. The van der Waals surface area contributed by atoms with E-state index in [2.05, 4.69) is 9.97 Å². The fraction of sp³-hybridized carbons (Fsp3) is 0.600. The minimum absolute atomic E-state index is 0.0374. The van der Waals surface area contributed by atoms with Crippen molar-refractivity contribution in [1.82, 2.24) is 9.97 Å². The highest BCUT2D eigenvalue weighted by Crippen LogP contribution is 2.65. The van der Waals surface area contributed by atoms with Gasteiger partial charge in [-0.05, 0) is 6.92 Å². The lowest BCUT2D eigenvalue weighted by Crippen LogP contribution is -2.52. The average molecular weight is 211 g/mol. The predicted molar refractivity (Wildman–Crippen MR) is 51.0 cm³/mol. The summed E-state index contributed by atoms with van der Waals surface area (Å²) in [5, 5.41) is 0. The van der Waals surface area contributed by atoms with E-state index in [4.69, 9.17) is 0 Å². The minimum Gasteiger partial charge on any atom is -0.354 e. The van der Waals surface area contributed by atoms with Gasteiger partial charge in [0.2, 0.25) is 0 Å². The molecular formula is C10H11F2N3. The zero-order valence-corrected chi connectivity index (χ0v) is 8.37. The second-order valence-electron chi connectivity index (χ2n) is 4.54. The molecule has 0 unspecified atom stereocenters. The molecule has 15 heavy (non-hydrogen) atoms. The zero-order valence-electron chi connectivity index (χ0n) is 8.37. The van der Waals surface area contributed by atoms with Crippen molar-refractivity contribution in [2.45, 2.75) is 19.3 Å². The van der Waals surface area contributed by atoms with Crippen molar-refractivity contribution in [2.24, 2.45) is 5.41 Å². The first-order valence-electron chi connectivity index (χ1n) is 4.94. The van der Waals surface area contributed by atoms with Crippen LogP contribution in [0.3, 0.4) is 0 Å². The maximum atomic E-state index is 12.9. The van der Waals surface area contributed by atoms with Gasteiger partial charge in [-0.25, -0.2) is 13.8 Å². The van der Waals surface area contributed by atoms with Crippen LogP contribution >= 0.6 is 0 Å². The third kappa shape index (κ3) is 1.15. The van der Waals surface area contributed by atoms with Crippen LogP contribution in [0.5, 0.6) is 0 Å². The molecule has 0 bridgehead atoms. The summed E-state index contributed by atoms with van der Waals surface area (Å²) in [7, 11) is 0. The quantitative estimate of drug-likeness (QED) is 0.707. The first-order valence-corrected chi connectivity index (χ1v) is 4.94. The van der Waals surface area contributed by atoms with Crippen LogP contribution in [0, 0.1) is 12.3 Å². The van der Waals surface area contributed by atoms with Crippen molar-refractivity contribution in [3.8, 4) is 0 Å². The van der Waals surface area contributed by atoms with Gasteiger partial charge in [-0.3, -0.25) is 4.98 Å². The maximum absolute atomic E-state index is 12.9. The molecule has 1 aromatic rings. The Labute approximate surface area is 86.1 Å². The normalized spacial score (nSPS) is 25.1. The molecule has 2 aliphatic rings. The van der Waals surface area contributed by atoms with Gasteiger partial charge >= 0.3 is 0 Å². The monoisotopic (exact) mass is 211 g/mol. The van der Waals surface area contributed by atoms with Crippen molar-refractivity contribution >= 4 is 5.82 Å². The number of alkyl halides is 2. The van der Waals surface area contributed by atoms with Crippen molar-refractivity contribution in [1.29, 1.82) is 0 Å². The van der Waals surface area contributed by atoms with Gasteiger partial charge in [0.05, 0.1) is 17.3 Å². The topological polar surface area (TPSA) is 29.0 Å². The molecule has 80 valence electrons. The zero-order chi connectivity index (χ0) is 10.7. The van der Waals surface area contributed by atoms with Gasteiger partial charge in [-0.1, -0.05) is 0 Å². The number of halogens is 2. The van der Waals surface area contributed by atoms with Gasteiger partial charge in [0.15, 0.2) is 0 Å². The number of rotatable bonds is 1. The molecule has 0 amide bonds. The van der Waals surface area contributed by atoms with E-state index in [0.717, 1.165) is 5.69 Å². The van der Waals surface area contributed by atoms with Crippen molar-refractivity contribution < 1.29 is 8.78 Å². The highest BCUT2D eigenvalue weighted by molar-refractivity contribution is 5.45. The lowest BCUT2D eigenvalue weighted by atomic mass is 9.96. The van der Waals surface area contributed by atoms with Crippen LogP contribution < -0.4 is 4.90 Å². The molecule has 0 atom stereocenters. The molecule has 3 rings (SSSR count).